The third-order valence-electron chi connectivity index (χ3n) is 5.14. The number of nitrogens with zero attached hydrogens (tertiary/aromatic N) is 2. The minimum Gasteiger partial charge on any atom is -0.493 e. The van der Waals surface area contributed by atoms with Crippen LogP contribution in [0.1, 0.15) is 0 Å². The Kier molecular flexibility index (Phi) is 6.19. The van der Waals surface area contributed by atoms with E-state index < -0.39 is 0 Å². The summed E-state index contributed by atoms with van der Waals surface area (Å²) in [5, 5.41) is 25.7. The predicted molar refractivity (Wildman–Crippen MR) is 122 cm³/mol. The largest absolute Gasteiger partial charge is 0.638 e. The SMILES string of the molecule is COc1ccc(NC(=O)C[n+]2c(O)[n+](-c3ccc(Cl)cc3)c(O)c3ccccc32)cc1OC. The first-order chi connectivity index (χ1) is 15.9. The zero-order chi connectivity index (χ0) is 23.5. The summed E-state index contributed by atoms with van der Waals surface area (Å²) in [6, 6.07) is 18.2. The van der Waals surface area contributed by atoms with E-state index in [1.165, 1.54) is 23.4 Å². The Labute approximate surface area is 194 Å². The van der Waals surface area contributed by atoms with Gasteiger partial charge in [-0.15, -0.1) is 0 Å². The molecule has 3 aromatic carbocycles. The monoisotopic (exact) mass is 467 g/mol. The van der Waals surface area contributed by atoms with Gasteiger partial charge in [-0.3, -0.25) is 4.79 Å². The summed E-state index contributed by atoms with van der Waals surface area (Å²) in [5.74, 6) is 0.459. The van der Waals surface area contributed by atoms with Gasteiger partial charge in [0.25, 0.3) is 5.91 Å². The van der Waals surface area contributed by atoms with Gasteiger partial charge in [0.05, 0.1) is 14.2 Å². The Morgan fingerprint density at radius 2 is 1.67 bits per heavy atom. The number of carbonyl (C=O) groups is 1. The molecule has 168 valence electrons. The van der Waals surface area contributed by atoms with Crippen LogP contribution in [0.25, 0.3) is 16.6 Å². The van der Waals surface area contributed by atoms with Crippen LogP contribution in [0, 0.1) is 0 Å². The standard InChI is InChI=1S/C24H20ClN3O5/c1-32-20-12-9-16(13-21(20)33-2)26-22(29)14-27-19-6-4-3-5-18(19)23(30)28(24(27)31)17-10-7-15(25)8-11-17/h3-13H,14H2,1-2H3,(H,26,29)/p+2. The van der Waals surface area contributed by atoms with Crippen LogP contribution < -0.4 is 23.9 Å². The molecule has 4 aromatic rings. The fraction of sp³-hybridized carbons (Fsp3) is 0.125. The zero-order valence-electron chi connectivity index (χ0n) is 17.9. The third-order valence-corrected chi connectivity index (χ3v) is 5.39. The summed E-state index contributed by atoms with van der Waals surface area (Å²) in [6.07, 6.45) is 0. The van der Waals surface area contributed by atoms with E-state index in [2.05, 4.69) is 5.32 Å². The van der Waals surface area contributed by atoms with Gasteiger partial charge in [0, 0.05) is 35.0 Å². The first-order valence-electron chi connectivity index (χ1n) is 9.99. The fourth-order valence-electron chi connectivity index (χ4n) is 3.58. The number of nitrogens with one attached hydrogen (secondary N) is 1. The number of amides is 1. The average Bonchev–Trinajstić information content (AvgIpc) is 2.83. The molecule has 0 aliphatic carbocycles. The van der Waals surface area contributed by atoms with Gasteiger partial charge in [-0.25, -0.2) is 0 Å². The molecule has 4 rings (SSSR count). The molecule has 1 aromatic heterocycles. The van der Waals surface area contributed by atoms with Gasteiger partial charge in [0.2, 0.25) is 17.7 Å². The summed E-state index contributed by atoms with van der Waals surface area (Å²) in [6.45, 7) is -0.214. The lowest BCUT2D eigenvalue weighted by Crippen LogP contribution is -2.49. The lowest BCUT2D eigenvalue weighted by Gasteiger charge is -2.10. The molecule has 1 amide bonds. The lowest BCUT2D eigenvalue weighted by atomic mass is 10.2. The second-order valence-electron chi connectivity index (χ2n) is 7.16. The van der Waals surface area contributed by atoms with Gasteiger partial charge in [-0.05, 0) is 34.9 Å². The van der Waals surface area contributed by atoms with Crippen molar-refractivity contribution in [2.75, 3.05) is 19.5 Å². The van der Waals surface area contributed by atoms with Crippen molar-refractivity contribution >= 4 is 34.1 Å². The van der Waals surface area contributed by atoms with E-state index >= 15 is 0 Å². The highest BCUT2D eigenvalue weighted by atomic mass is 35.5. The summed E-state index contributed by atoms with van der Waals surface area (Å²) in [5.41, 5.74) is 1.47. The average molecular weight is 468 g/mol. The second-order valence-corrected chi connectivity index (χ2v) is 7.59. The molecule has 8 nitrogen and oxygen atoms in total. The van der Waals surface area contributed by atoms with Crippen LogP contribution >= 0.6 is 11.6 Å². The molecule has 0 bridgehead atoms. The van der Waals surface area contributed by atoms with Gasteiger partial charge in [0.15, 0.2) is 16.9 Å². The van der Waals surface area contributed by atoms with Crippen LogP contribution in [0.15, 0.2) is 66.7 Å². The number of benzene rings is 3. The molecular formula is C24H22ClN3O5+2. The Balaban J connectivity index is 1.74. The third kappa shape index (κ3) is 4.33. The number of anilines is 1. The molecule has 3 N–H and O–H groups in total. The minimum atomic E-state index is -0.388. The normalized spacial score (nSPS) is 10.8. The number of methoxy groups -OCH3 is 2. The van der Waals surface area contributed by atoms with Crippen molar-refractivity contribution < 1.29 is 33.6 Å². The zero-order valence-corrected chi connectivity index (χ0v) is 18.7. The number of hydrogen-bond acceptors (Lipinski definition) is 5. The Morgan fingerprint density at radius 3 is 2.36 bits per heavy atom. The summed E-state index contributed by atoms with van der Waals surface area (Å²) >= 11 is 5.98. The summed E-state index contributed by atoms with van der Waals surface area (Å²) in [4.78, 5) is 12.9. The van der Waals surface area contributed by atoms with Crippen molar-refractivity contribution in [2.24, 2.45) is 0 Å². The summed E-state index contributed by atoms with van der Waals surface area (Å²) in [7, 11) is 3.04. The van der Waals surface area contributed by atoms with Crippen LogP contribution in [0.4, 0.5) is 5.69 Å². The topological polar surface area (TPSA) is 95.8 Å². The number of halogens is 1. The molecular weight excluding hydrogens is 446 g/mol. The number of aromatic nitrogens is 2. The first kappa shape index (κ1) is 22.2. The number of carbonyl (C=O) groups excluding carboxylic acids is 1. The maximum absolute atomic E-state index is 12.9. The number of hydrogen-bond donors (Lipinski definition) is 3. The minimum absolute atomic E-state index is 0.165. The maximum atomic E-state index is 12.9. The van der Waals surface area contributed by atoms with E-state index in [-0.39, 0.29) is 24.3 Å². The predicted octanol–water partition coefficient (Wildman–Crippen LogP) is 3.12. The van der Waals surface area contributed by atoms with Crippen molar-refractivity contribution in [3.63, 3.8) is 0 Å². The molecule has 33 heavy (non-hydrogen) atoms. The number of ether oxygens (including phenoxy) is 2. The van der Waals surface area contributed by atoms with E-state index in [9.17, 15) is 15.0 Å². The lowest BCUT2D eigenvalue weighted by molar-refractivity contribution is -0.774. The Morgan fingerprint density at radius 1 is 0.970 bits per heavy atom. The highest BCUT2D eigenvalue weighted by molar-refractivity contribution is 6.30. The molecule has 0 saturated carbocycles. The highest BCUT2D eigenvalue weighted by Crippen LogP contribution is 2.30. The van der Waals surface area contributed by atoms with Gasteiger partial charge < -0.3 is 25.0 Å². The van der Waals surface area contributed by atoms with Gasteiger partial charge >= 0.3 is 11.9 Å². The molecule has 0 radical (unpaired) electrons. The second kappa shape index (κ2) is 9.22. The van der Waals surface area contributed by atoms with Crippen molar-refractivity contribution in [2.45, 2.75) is 6.54 Å². The van der Waals surface area contributed by atoms with Crippen LogP contribution in [0.2, 0.25) is 5.02 Å². The van der Waals surface area contributed by atoms with Crippen LogP contribution in [0.5, 0.6) is 23.4 Å². The first-order valence-corrected chi connectivity index (χ1v) is 10.4. The number of rotatable bonds is 6. The van der Waals surface area contributed by atoms with E-state index in [1.807, 2.05) is 0 Å². The van der Waals surface area contributed by atoms with Crippen molar-refractivity contribution in [3.8, 4) is 29.1 Å². The molecule has 0 saturated heterocycles. The Hall–Kier alpha value is -4.04. The molecule has 0 atom stereocenters. The molecule has 0 unspecified atom stereocenters. The van der Waals surface area contributed by atoms with Crippen LogP contribution in [-0.4, -0.2) is 30.3 Å². The smallest absolute Gasteiger partial charge is 0.493 e. The summed E-state index contributed by atoms with van der Waals surface area (Å²) < 4.78 is 13.2. The van der Waals surface area contributed by atoms with E-state index in [4.69, 9.17) is 21.1 Å². The van der Waals surface area contributed by atoms with E-state index in [1.54, 1.807) is 66.7 Å². The number of para-hydroxylation sites is 1. The quantitative estimate of drug-likeness (QED) is 0.379. The van der Waals surface area contributed by atoms with Crippen molar-refractivity contribution in [1.29, 1.82) is 0 Å². The van der Waals surface area contributed by atoms with Gasteiger partial charge in [-0.1, -0.05) is 28.3 Å². The van der Waals surface area contributed by atoms with E-state index in [0.29, 0.717) is 38.8 Å². The van der Waals surface area contributed by atoms with Crippen molar-refractivity contribution in [1.82, 2.24) is 0 Å². The van der Waals surface area contributed by atoms with Crippen LogP contribution in [0.3, 0.4) is 0 Å². The van der Waals surface area contributed by atoms with Crippen LogP contribution in [-0.2, 0) is 11.3 Å². The number of fused-ring (bicyclic) bond motifs is 1. The Bertz CT molecular complexity index is 1340. The molecule has 0 spiro atoms. The molecule has 9 heteroatoms. The molecule has 0 fully saturated rings. The highest BCUT2D eigenvalue weighted by Gasteiger charge is 2.36. The van der Waals surface area contributed by atoms with Crippen molar-refractivity contribution in [3.05, 3.63) is 71.8 Å². The maximum Gasteiger partial charge on any atom is 0.638 e. The molecule has 0 aliphatic heterocycles. The van der Waals surface area contributed by atoms with Gasteiger partial charge in [-0.2, -0.15) is 0 Å². The molecule has 1 heterocycles. The van der Waals surface area contributed by atoms with Gasteiger partial charge in [0.1, 0.15) is 0 Å². The van der Waals surface area contributed by atoms with E-state index in [0.717, 1.165) is 0 Å². The molecule has 0 aliphatic rings. The number of aromatic hydroxyl groups is 2. The fourth-order valence-corrected chi connectivity index (χ4v) is 3.71.